The first kappa shape index (κ1) is 13.6. The van der Waals surface area contributed by atoms with Gasteiger partial charge in [0.1, 0.15) is 0 Å². The average molecular weight is 366 g/mol. The Bertz CT molecular complexity index is 525. The quantitative estimate of drug-likeness (QED) is 0.615. The molecule has 1 atom stereocenters. The highest BCUT2D eigenvalue weighted by molar-refractivity contribution is 9.10. The molecule has 0 aliphatic rings. The molecule has 0 heterocycles. The van der Waals surface area contributed by atoms with Gasteiger partial charge >= 0.3 is 0 Å². The predicted molar refractivity (Wildman–Crippen MR) is 86.1 cm³/mol. The van der Waals surface area contributed by atoms with Crippen LogP contribution in [0.3, 0.4) is 0 Å². The van der Waals surface area contributed by atoms with E-state index in [9.17, 15) is 0 Å². The molecule has 0 spiro atoms. The van der Waals surface area contributed by atoms with Crippen LogP contribution in [0.1, 0.15) is 18.1 Å². The van der Waals surface area contributed by atoms with Gasteiger partial charge in [-0.2, -0.15) is 0 Å². The molecule has 0 aromatic heterocycles. The first-order chi connectivity index (χ1) is 8.66. The Kier molecular flexibility index (Phi) is 4.79. The molecule has 0 aliphatic carbocycles. The Hall–Kier alpha value is -0.860. The third-order valence-corrected chi connectivity index (χ3v) is 3.43. The van der Waals surface area contributed by atoms with Crippen molar-refractivity contribution in [1.29, 1.82) is 0 Å². The van der Waals surface area contributed by atoms with Crippen molar-refractivity contribution >= 4 is 37.4 Å². The standard InChI is InChI=1S/C16H14Br2/c1-12(17)11-16(13-5-3-2-4-6-13)14-7-9-15(18)10-8-14/h2-12H,1H3/b16-11+. The molecule has 92 valence electrons. The molecule has 2 aromatic carbocycles. The molecule has 0 fully saturated rings. The van der Waals surface area contributed by atoms with Gasteiger partial charge in [-0.1, -0.05) is 80.4 Å². The van der Waals surface area contributed by atoms with Crippen molar-refractivity contribution in [3.63, 3.8) is 0 Å². The predicted octanol–water partition coefficient (Wildman–Crippen LogP) is 5.66. The summed E-state index contributed by atoms with van der Waals surface area (Å²) in [4.78, 5) is 0.344. The van der Waals surface area contributed by atoms with Gasteiger partial charge in [0.05, 0.1) is 0 Å². The molecular formula is C16H14Br2. The van der Waals surface area contributed by atoms with E-state index in [4.69, 9.17) is 0 Å². The first-order valence-corrected chi connectivity index (χ1v) is 7.55. The van der Waals surface area contributed by atoms with E-state index < -0.39 is 0 Å². The molecule has 0 aliphatic heterocycles. The molecule has 2 rings (SSSR count). The lowest BCUT2D eigenvalue weighted by atomic mass is 9.97. The fraction of sp³-hybridized carbons (Fsp3) is 0.125. The van der Waals surface area contributed by atoms with Gasteiger partial charge in [0.2, 0.25) is 0 Å². The van der Waals surface area contributed by atoms with Crippen LogP contribution in [-0.2, 0) is 0 Å². The zero-order valence-electron chi connectivity index (χ0n) is 10.1. The van der Waals surface area contributed by atoms with Crippen LogP contribution in [-0.4, -0.2) is 4.83 Å². The van der Waals surface area contributed by atoms with Crippen LogP contribution in [0.5, 0.6) is 0 Å². The van der Waals surface area contributed by atoms with Crippen molar-refractivity contribution in [3.05, 3.63) is 76.3 Å². The number of benzene rings is 2. The van der Waals surface area contributed by atoms with Crippen LogP contribution in [0.15, 0.2) is 65.1 Å². The van der Waals surface area contributed by atoms with Gasteiger partial charge in [0, 0.05) is 9.30 Å². The van der Waals surface area contributed by atoms with Gasteiger partial charge in [0.25, 0.3) is 0 Å². The lowest BCUT2D eigenvalue weighted by Gasteiger charge is -2.10. The number of alkyl halides is 1. The molecular weight excluding hydrogens is 352 g/mol. The van der Waals surface area contributed by atoms with Crippen molar-refractivity contribution in [3.8, 4) is 0 Å². The van der Waals surface area contributed by atoms with E-state index in [0.29, 0.717) is 4.83 Å². The molecule has 2 heteroatoms. The number of hydrogen-bond donors (Lipinski definition) is 0. The third kappa shape index (κ3) is 3.56. The minimum atomic E-state index is 0.344. The third-order valence-electron chi connectivity index (χ3n) is 2.64. The molecule has 18 heavy (non-hydrogen) atoms. The van der Waals surface area contributed by atoms with Crippen molar-refractivity contribution in [2.24, 2.45) is 0 Å². The lowest BCUT2D eigenvalue weighted by Crippen LogP contribution is -1.92. The van der Waals surface area contributed by atoms with Crippen LogP contribution in [0.25, 0.3) is 5.57 Å². The summed E-state index contributed by atoms with van der Waals surface area (Å²) in [7, 11) is 0. The summed E-state index contributed by atoms with van der Waals surface area (Å²) >= 11 is 7.07. The molecule has 0 amide bonds. The van der Waals surface area contributed by atoms with E-state index in [1.165, 1.54) is 16.7 Å². The second kappa shape index (κ2) is 6.35. The zero-order chi connectivity index (χ0) is 13.0. The molecule has 0 saturated heterocycles. The molecule has 0 N–H and O–H groups in total. The van der Waals surface area contributed by atoms with Crippen molar-refractivity contribution in [2.45, 2.75) is 11.8 Å². The van der Waals surface area contributed by atoms with E-state index in [-0.39, 0.29) is 0 Å². The summed E-state index contributed by atoms with van der Waals surface area (Å²) in [6.45, 7) is 2.13. The molecule has 2 aromatic rings. The van der Waals surface area contributed by atoms with Crippen molar-refractivity contribution < 1.29 is 0 Å². The number of rotatable bonds is 3. The minimum Gasteiger partial charge on any atom is -0.0848 e. The van der Waals surface area contributed by atoms with Crippen LogP contribution in [0.4, 0.5) is 0 Å². The summed E-state index contributed by atoms with van der Waals surface area (Å²) in [5, 5.41) is 0. The Balaban J connectivity index is 2.47. The monoisotopic (exact) mass is 364 g/mol. The Labute approximate surface area is 125 Å². The SMILES string of the molecule is CC(Br)/C=C(\c1ccccc1)c1ccc(Br)cc1. The van der Waals surface area contributed by atoms with E-state index in [2.05, 4.69) is 93.4 Å². The van der Waals surface area contributed by atoms with Gasteiger partial charge in [0.15, 0.2) is 0 Å². The van der Waals surface area contributed by atoms with Crippen LogP contribution < -0.4 is 0 Å². The smallest absolute Gasteiger partial charge is 0.0306 e. The highest BCUT2D eigenvalue weighted by atomic mass is 79.9. The summed E-state index contributed by atoms with van der Waals surface area (Å²) < 4.78 is 1.10. The summed E-state index contributed by atoms with van der Waals surface area (Å²) in [5.74, 6) is 0. The first-order valence-electron chi connectivity index (χ1n) is 5.84. The van der Waals surface area contributed by atoms with E-state index in [1.807, 2.05) is 6.07 Å². The van der Waals surface area contributed by atoms with E-state index in [1.54, 1.807) is 0 Å². The fourth-order valence-electron chi connectivity index (χ4n) is 1.84. The maximum absolute atomic E-state index is 3.60. The lowest BCUT2D eigenvalue weighted by molar-refractivity contribution is 1.27. The second-order valence-corrected chi connectivity index (χ2v) is 6.49. The van der Waals surface area contributed by atoms with Crippen LogP contribution in [0.2, 0.25) is 0 Å². The molecule has 0 bridgehead atoms. The van der Waals surface area contributed by atoms with Crippen LogP contribution >= 0.6 is 31.9 Å². The van der Waals surface area contributed by atoms with Crippen molar-refractivity contribution in [2.75, 3.05) is 0 Å². The summed E-state index contributed by atoms with van der Waals surface area (Å²) in [6, 6.07) is 18.9. The minimum absolute atomic E-state index is 0.344. The summed E-state index contributed by atoms with van der Waals surface area (Å²) in [5.41, 5.74) is 3.73. The largest absolute Gasteiger partial charge is 0.0848 e. The van der Waals surface area contributed by atoms with Crippen molar-refractivity contribution in [1.82, 2.24) is 0 Å². The summed E-state index contributed by atoms with van der Waals surface area (Å²) in [6.07, 6.45) is 2.23. The Morgan fingerprint density at radius 1 is 0.944 bits per heavy atom. The molecule has 0 radical (unpaired) electrons. The zero-order valence-corrected chi connectivity index (χ0v) is 13.3. The van der Waals surface area contributed by atoms with E-state index in [0.717, 1.165) is 4.47 Å². The normalized spacial score (nSPS) is 13.4. The van der Waals surface area contributed by atoms with Gasteiger partial charge in [-0.25, -0.2) is 0 Å². The van der Waals surface area contributed by atoms with E-state index >= 15 is 0 Å². The number of halogens is 2. The van der Waals surface area contributed by atoms with Crippen LogP contribution in [0, 0.1) is 0 Å². The van der Waals surface area contributed by atoms with Gasteiger partial charge in [-0.3, -0.25) is 0 Å². The molecule has 0 nitrogen and oxygen atoms in total. The van der Waals surface area contributed by atoms with Gasteiger partial charge in [-0.15, -0.1) is 0 Å². The molecule has 0 saturated carbocycles. The van der Waals surface area contributed by atoms with Gasteiger partial charge < -0.3 is 0 Å². The maximum atomic E-state index is 3.60. The highest BCUT2D eigenvalue weighted by Crippen LogP contribution is 2.26. The highest BCUT2D eigenvalue weighted by Gasteiger charge is 2.05. The topological polar surface area (TPSA) is 0 Å². The Morgan fingerprint density at radius 2 is 1.50 bits per heavy atom. The number of hydrogen-bond acceptors (Lipinski definition) is 0. The second-order valence-electron chi connectivity index (χ2n) is 4.13. The maximum Gasteiger partial charge on any atom is 0.0306 e. The average Bonchev–Trinajstić information content (AvgIpc) is 2.38. The number of allylic oxidation sites excluding steroid dienone is 1. The Morgan fingerprint density at radius 3 is 2.06 bits per heavy atom. The molecule has 1 unspecified atom stereocenters. The fourth-order valence-corrected chi connectivity index (χ4v) is 2.36. The van der Waals surface area contributed by atoms with Gasteiger partial charge in [-0.05, 0) is 35.8 Å².